The first-order valence-corrected chi connectivity index (χ1v) is 13.8. The van der Waals surface area contributed by atoms with E-state index in [1.807, 2.05) is 20.8 Å². The molecular weight excluding hydrogens is 522 g/mol. The van der Waals surface area contributed by atoms with Gasteiger partial charge in [0.25, 0.3) is 0 Å². The number of hydrogen-bond donors (Lipinski definition) is 4. The number of furan rings is 1. The van der Waals surface area contributed by atoms with Crippen LogP contribution in [0.25, 0.3) is 21.9 Å². The molecule has 0 radical (unpaired) electrons. The first kappa shape index (κ1) is 26.6. The molecular formula is C31H33N5O5. The molecule has 0 bridgehead atoms. The van der Waals surface area contributed by atoms with Crippen LogP contribution in [0.4, 0.5) is 16.3 Å². The van der Waals surface area contributed by atoms with Crippen LogP contribution < -0.4 is 10.6 Å². The van der Waals surface area contributed by atoms with E-state index in [0.29, 0.717) is 40.5 Å². The van der Waals surface area contributed by atoms with Crippen molar-refractivity contribution in [3.63, 3.8) is 0 Å². The lowest BCUT2D eigenvalue weighted by atomic mass is 9.93. The average molecular weight is 556 g/mol. The predicted molar refractivity (Wildman–Crippen MR) is 157 cm³/mol. The molecule has 41 heavy (non-hydrogen) atoms. The smallest absolute Gasteiger partial charge is 0.324 e. The number of ketones is 1. The SMILES string of the molecule is CC(C)(C)c1cc(NC(=O)Nc2ccc3oc(C(=O)c4cc5c(CN6CCCCC6)c(O)ccc5[nH]4)cc3c2)no1. The summed E-state index contributed by atoms with van der Waals surface area (Å²) in [5.74, 6) is 1.08. The molecule has 0 aliphatic carbocycles. The van der Waals surface area contributed by atoms with E-state index >= 15 is 0 Å². The Labute approximate surface area is 236 Å². The second kappa shape index (κ2) is 10.4. The number of amides is 2. The lowest BCUT2D eigenvalue weighted by Crippen LogP contribution is -2.29. The van der Waals surface area contributed by atoms with Crippen LogP contribution in [0.2, 0.25) is 0 Å². The van der Waals surface area contributed by atoms with Gasteiger partial charge in [0.1, 0.15) is 17.1 Å². The number of phenols is 1. The van der Waals surface area contributed by atoms with Gasteiger partial charge in [-0.1, -0.05) is 32.3 Å². The number of benzene rings is 2. The third-order valence-corrected chi connectivity index (χ3v) is 7.45. The second-order valence-corrected chi connectivity index (χ2v) is 11.6. The highest BCUT2D eigenvalue weighted by Crippen LogP contribution is 2.32. The van der Waals surface area contributed by atoms with E-state index in [2.05, 4.69) is 25.7 Å². The van der Waals surface area contributed by atoms with Gasteiger partial charge < -0.3 is 24.3 Å². The fourth-order valence-corrected chi connectivity index (χ4v) is 5.21. The highest BCUT2D eigenvalue weighted by Gasteiger charge is 2.22. The summed E-state index contributed by atoms with van der Waals surface area (Å²) in [6.45, 7) is 8.62. The number of fused-ring (bicyclic) bond motifs is 2. The lowest BCUT2D eigenvalue weighted by molar-refractivity contribution is 0.101. The van der Waals surface area contributed by atoms with Crippen molar-refractivity contribution in [2.75, 3.05) is 23.7 Å². The molecule has 10 nitrogen and oxygen atoms in total. The summed E-state index contributed by atoms with van der Waals surface area (Å²) in [6, 6.07) is 13.3. The van der Waals surface area contributed by atoms with Gasteiger partial charge in [0.15, 0.2) is 11.6 Å². The van der Waals surface area contributed by atoms with Crippen LogP contribution in [0.1, 0.15) is 67.6 Å². The monoisotopic (exact) mass is 555 g/mol. The molecule has 6 rings (SSSR count). The molecule has 4 heterocycles. The molecule has 5 aromatic rings. The molecule has 1 aliphatic rings. The quantitative estimate of drug-likeness (QED) is 0.170. The topological polar surface area (TPSA) is 137 Å². The normalized spacial score (nSPS) is 14.5. The number of carbonyl (C=O) groups excluding carboxylic acids is 2. The number of anilines is 2. The summed E-state index contributed by atoms with van der Waals surface area (Å²) in [5, 5.41) is 21.5. The maximum atomic E-state index is 13.4. The van der Waals surface area contributed by atoms with Crippen LogP contribution in [0.15, 0.2) is 57.5 Å². The number of phenolic OH excluding ortho intramolecular Hbond substituents is 1. The number of likely N-dealkylation sites (tertiary alicyclic amines) is 1. The number of nitrogens with zero attached hydrogens (tertiary/aromatic N) is 2. The first-order chi connectivity index (χ1) is 19.6. The van der Waals surface area contributed by atoms with Gasteiger partial charge in [-0.15, -0.1) is 0 Å². The van der Waals surface area contributed by atoms with Crippen molar-refractivity contribution in [3.8, 4) is 5.75 Å². The largest absolute Gasteiger partial charge is 0.508 e. The molecule has 0 unspecified atom stereocenters. The van der Waals surface area contributed by atoms with E-state index in [1.165, 1.54) is 6.42 Å². The van der Waals surface area contributed by atoms with Crippen LogP contribution in [0.5, 0.6) is 5.75 Å². The zero-order valence-electron chi connectivity index (χ0n) is 23.3. The summed E-state index contributed by atoms with van der Waals surface area (Å²) in [4.78, 5) is 31.5. The molecule has 2 amide bonds. The highest BCUT2D eigenvalue weighted by molar-refractivity contribution is 6.10. The van der Waals surface area contributed by atoms with Gasteiger partial charge in [-0.2, -0.15) is 0 Å². The van der Waals surface area contributed by atoms with Crippen molar-refractivity contribution in [3.05, 3.63) is 71.3 Å². The fourth-order valence-electron chi connectivity index (χ4n) is 5.21. The van der Waals surface area contributed by atoms with E-state index < -0.39 is 6.03 Å². The van der Waals surface area contributed by atoms with Gasteiger partial charge in [0.05, 0.1) is 5.69 Å². The Bertz CT molecular complexity index is 1750. The van der Waals surface area contributed by atoms with Gasteiger partial charge in [0.2, 0.25) is 5.78 Å². The number of aromatic hydroxyl groups is 1. The molecule has 212 valence electrons. The van der Waals surface area contributed by atoms with E-state index in [1.54, 1.807) is 48.5 Å². The number of piperidine rings is 1. The van der Waals surface area contributed by atoms with Crippen molar-refractivity contribution >= 4 is 45.2 Å². The number of H-pyrrole nitrogens is 1. The van der Waals surface area contributed by atoms with Crippen molar-refractivity contribution in [1.82, 2.24) is 15.0 Å². The Kier molecular flexibility index (Phi) is 6.78. The Morgan fingerprint density at radius 1 is 1.02 bits per heavy atom. The lowest BCUT2D eigenvalue weighted by Gasteiger charge is -2.26. The Balaban J connectivity index is 1.19. The van der Waals surface area contributed by atoms with Gasteiger partial charge in [-0.05, 0) is 68.4 Å². The third kappa shape index (κ3) is 5.55. The summed E-state index contributed by atoms with van der Waals surface area (Å²) >= 11 is 0. The van der Waals surface area contributed by atoms with Crippen molar-refractivity contribution in [2.24, 2.45) is 0 Å². The van der Waals surface area contributed by atoms with Crippen molar-refractivity contribution < 1.29 is 23.6 Å². The van der Waals surface area contributed by atoms with Gasteiger partial charge in [0, 0.05) is 45.6 Å². The minimum atomic E-state index is -0.473. The Hall–Kier alpha value is -4.57. The van der Waals surface area contributed by atoms with Gasteiger partial charge >= 0.3 is 6.03 Å². The maximum absolute atomic E-state index is 13.4. The van der Waals surface area contributed by atoms with Crippen LogP contribution in [0, 0.1) is 0 Å². The maximum Gasteiger partial charge on any atom is 0.324 e. The zero-order chi connectivity index (χ0) is 28.7. The first-order valence-electron chi connectivity index (χ1n) is 13.8. The molecule has 4 N–H and O–H groups in total. The molecule has 0 atom stereocenters. The fraction of sp³-hybridized carbons (Fsp3) is 0.323. The Morgan fingerprint density at radius 3 is 2.59 bits per heavy atom. The number of urea groups is 1. The van der Waals surface area contributed by atoms with Crippen molar-refractivity contribution in [1.29, 1.82) is 0 Å². The van der Waals surface area contributed by atoms with E-state index in [0.717, 1.165) is 42.4 Å². The van der Waals surface area contributed by atoms with Gasteiger partial charge in [-0.25, -0.2) is 4.79 Å². The minimum absolute atomic E-state index is 0.173. The molecule has 10 heteroatoms. The number of carbonyl (C=O) groups is 2. The Morgan fingerprint density at radius 2 is 1.83 bits per heavy atom. The number of aromatic nitrogens is 2. The number of hydrogen-bond acceptors (Lipinski definition) is 7. The van der Waals surface area contributed by atoms with Gasteiger partial charge in [-0.3, -0.25) is 15.0 Å². The molecule has 1 fully saturated rings. The molecule has 1 saturated heterocycles. The van der Waals surface area contributed by atoms with Crippen molar-refractivity contribution in [2.45, 2.75) is 52.0 Å². The van der Waals surface area contributed by atoms with E-state index in [9.17, 15) is 14.7 Å². The molecule has 3 aromatic heterocycles. The number of aromatic amines is 1. The van der Waals surface area contributed by atoms with E-state index in [4.69, 9.17) is 8.94 Å². The van der Waals surface area contributed by atoms with Crippen LogP contribution in [0.3, 0.4) is 0 Å². The minimum Gasteiger partial charge on any atom is -0.508 e. The predicted octanol–water partition coefficient (Wildman–Crippen LogP) is 6.77. The number of nitrogens with one attached hydrogen (secondary N) is 3. The molecule has 2 aromatic carbocycles. The molecule has 0 spiro atoms. The molecule has 0 saturated carbocycles. The third-order valence-electron chi connectivity index (χ3n) is 7.45. The summed E-state index contributed by atoms with van der Waals surface area (Å²) in [5.41, 5.74) is 2.80. The van der Waals surface area contributed by atoms with Crippen LogP contribution >= 0.6 is 0 Å². The average Bonchev–Trinajstić information content (AvgIpc) is 3.68. The van der Waals surface area contributed by atoms with Crippen LogP contribution in [-0.4, -0.2) is 45.1 Å². The zero-order valence-corrected chi connectivity index (χ0v) is 23.3. The molecule has 1 aliphatic heterocycles. The summed E-state index contributed by atoms with van der Waals surface area (Å²) in [6.07, 6.45) is 3.54. The van der Waals surface area contributed by atoms with E-state index in [-0.39, 0.29) is 22.7 Å². The van der Waals surface area contributed by atoms with Crippen LogP contribution in [-0.2, 0) is 12.0 Å². The standard InChI is InChI=1S/C31H33N5O5/c1-31(2,3)27-16-28(35-41-27)34-30(39)32-19-7-10-25-18(13-19)14-26(40-25)29(38)23-15-20-21(17-36-11-5-4-6-12-36)24(37)9-8-22(20)33-23/h7-10,13-16,33,37H,4-6,11-12,17H2,1-3H3,(H2,32,34,35,39). The number of rotatable bonds is 6. The highest BCUT2D eigenvalue weighted by atomic mass is 16.5. The summed E-state index contributed by atoms with van der Waals surface area (Å²) in [7, 11) is 0. The summed E-state index contributed by atoms with van der Waals surface area (Å²) < 4.78 is 11.2. The second-order valence-electron chi connectivity index (χ2n) is 11.6.